The predicted molar refractivity (Wildman–Crippen MR) is 124 cm³/mol. The number of nitrogens with zero attached hydrogens (tertiary/aromatic N) is 1. The lowest BCUT2D eigenvalue weighted by atomic mass is 9.72. The van der Waals surface area contributed by atoms with Gasteiger partial charge in [0.2, 0.25) is 11.8 Å². The average molecular weight is 437 g/mol. The van der Waals surface area contributed by atoms with Crippen molar-refractivity contribution in [2.24, 2.45) is 5.92 Å². The van der Waals surface area contributed by atoms with E-state index in [2.05, 4.69) is 30.4 Å². The van der Waals surface area contributed by atoms with Crippen molar-refractivity contribution >= 4 is 17.5 Å². The number of anilines is 1. The minimum absolute atomic E-state index is 0.0475. The van der Waals surface area contributed by atoms with Gasteiger partial charge in [0, 0.05) is 38.1 Å². The summed E-state index contributed by atoms with van der Waals surface area (Å²) in [6, 6.07) is 14.1. The first-order chi connectivity index (χ1) is 15.4. The second-order valence-electron chi connectivity index (χ2n) is 9.01. The molecule has 4 rings (SSSR count). The van der Waals surface area contributed by atoms with E-state index in [1.165, 1.54) is 11.1 Å². The molecule has 1 unspecified atom stereocenters. The van der Waals surface area contributed by atoms with Gasteiger partial charge >= 0.3 is 0 Å². The Hall–Kier alpha value is -2.86. The first kappa shape index (κ1) is 22.3. The highest BCUT2D eigenvalue weighted by Gasteiger charge is 2.39. The lowest BCUT2D eigenvalue weighted by molar-refractivity contribution is -0.126. The van der Waals surface area contributed by atoms with Gasteiger partial charge in [-0.05, 0) is 55.5 Å². The molecule has 0 spiro atoms. The summed E-state index contributed by atoms with van der Waals surface area (Å²) in [5.74, 6) is 0.160. The zero-order chi connectivity index (χ0) is 22.7. The minimum atomic E-state index is -0.374. The van der Waals surface area contributed by atoms with Crippen molar-refractivity contribution < 1.29 is 19.1 Å². The van der Waals surface area contributed by atoms with Crippen LogP contribution in [0.2, 0.25) is 0 Å². The molecular weight excluding hydrogens is 404 g/mol. The summed E-state index contributed by atoms with van der Waals surface area (Å²) in [5.41, 5.74) is 4.14. The minimum Gasteiger partial charge on any atom is -0.495 e. The predicted octanol–water partition coefficient (Wildman–Crippen LogP) is 3.53. The molecule has 2 aromatic carbocycles. The van der Waals surface area contributed by atoms with Crippen LogP contribution in [-0.4, -0.2) is 45.2 Å². The molecule has 2 aromatic rings. The highest BCUT2D eigenvalue weighted by atomic mass is 16.5. The molecule has 2 aliphatic heterocycles. The van der Waals surface area contributed by atoms with Crippen molar-refractivity contribution in [2.45, 2.75) is 38.5 Å². The summed E-state index contributed by atoms with van der Waals surface area (Å²) < 4.78 is 11.1. The average Bonchev–Trinajstić information content (AvgIpc) is 3.20. The van der Waals surface area contributed by atoms with Crippen LogP contribution in [-0.2, 0) is 19.7 Å². The monoisotopic (exact) mass is 436 g/mol. The molecule has 6 nitrogen and oxygen atoms in total. The van der Waals surface area contributed by atoms with E-state index in [-0.39, 0.29) is 29.6 Å². The number of rotatable bonds is 6. The van der Waals surface area contributed by atoms with Crippen LogP contribution in [0, 0.1) is 19.8 Å². The molecule has 2 heterocycles. The molecule has 2 saturated heterocycles. The molecule has 0 saturated carbocycles. The molecule has 2 fully saturated rings. The van der Waals surface area contributed by atoms with Crippen molar-refractivity contribution in [3.8, 4) is 5.75 Å². The molecule has 2 amide bonds. The van der Waals surface area contributed by atoms with Gasteiger partial charge in [0.05, 0.1) is 18.7 Å². The number of carbonyl (C=O) groups is 2. The van der Waals surface area contributed by atoms with Gasteiger partial charge in [-0.3, -0.25) is 9.59 Å². The second kappa shape index (κ2) is 9.33. The third-order valence-electron chi connectivity index (χ3n) is 6.89. The molecule has 0 aliphatic carbocycles. The fourth-order valence-corrected chi connectivity index (χ4v) is 5.00. The van der Waals surface area contributed by atoms with Crippen molar-refractivity contribution in [1.29, 1.82) is 0 Å². The van der Waals surface area contributed by atoms with Crippen LogP contribution in [0.5, 0.6) is 5.75 Å². The Labute approximate surface area is 189 Å². The number of carbonyl (C=O) groups excluding carboxylic acids is 2. The van der Waals surface area contributed by atoms with Crippen molar-refractivity contribution in [3.05, 3.63) is 59.2 Å². The summed E-state index contributed by atoms with van der Waals surface area (Å²) >= 11 is 0. The van der Waals surface area contributed by atoms with Gasteiger partial charge in [0.15, 0.2) is 0 Å². The Balaban J connectivity index is 1.48. The summed E-state index contributed by atoms with van der Waals surface area (Å²) in [6.45, 7) is 6.40. The van der Waals surface area contributed by atoms with Crippen molar-refractivity contribution in [3.63, 3.8) is 0 Å². The Morgan fingerprint density at radius 1 is 1.19 bits per heavy atom. The van der Waals surface area contributed by atoms with E-state index in [1.54, 1.807) is 12.0 Å². The Morgan fingerprint density at radius 2 is 1.94 bits per heavy atom. The van der Waals surface area contributed by atoms with E-state index in [1.807, 2.05) is 31.2 Å². The normalized spacial score (nSPS) is 20.3. The van der Waals surface area contributed by atoms with Gasteiger partial charge in [-0.2, -0.15) is 0 Å². The number of amides is 2. The number of hydrogen-bond donors (Lipinski definition) is 1. The number of aryl methyl sites for hydroxylation is 2. The van der Waals surface area contributed by atoms with Crippen molar-refractivity contribution in [1.82, 2.24) is 5.32 Å². The summed E-state index contributed by atoms with van der Waals surface area (Å²) in [4.78, 5) is 27.6. The number of nitrogens with one attached hydrogen (secondary N) is 1. The third kappa shape index (κ3) is 4.37. The maximum absolute atomic E-state index is 13.1. The van der Waals surface area contributed by atoms with Gasteiger partial charge < -0.3 is 19.7 Å². The first-order valence-corrected chi connectivity index (χ1v) is 11.3. The van der Waals surface area contributed by atoms with Gasteiger partial charge in [0.1, 0.15) is 5.75 Å². The largest absolute Gasteiger partial charge is 0.495 e. The van der Waals surface area contributed by atoms with E-state index in [0.29, 0.717) is 32.1 Å². The summed E-state index contributed by atoms with van der Waals surface area (Å²) in [7, 11) is 1.60. The highest BCUT2D eigenvalue weighted by Crippen LogP contribution is 2.37. The molecule has 32 heavy (non-hydrogen) atoms. The summed E-state index contributed by atoms with van der Waals surface area (Å²) in [6.07, 6.45) is 1.95. The Kier molecular flexibility index (Phi) is 6.51. The standard InChI is InChI=1S/C26H32N2O4/c1-18-8-9-23(31-3)22(14-18)28-16-20(15-24(28)29)25(30)27-17-26(10-12-32-13-11-26)21-7-5-4-6-19(21)2/h4-9,14,20H,10-13,15-17H2,1-3H3,(H,27,30). The van der Waals surface area contributed by atoms with Crippen LogP contribution in [0.1, 0.15) is 36.0 Å². The van der Waals surface area contributed by atoms with Crippen LogP contribution in [0.3, 0.4) is 0 Å². The van der Waals surface area contributed by atoms with Crippen molar-refractivity contribution in [2.75, 3.05) is 38.3 Å². The SMILES string of the molecule is COc1ccc(C)cc1N1CC(C(=O)NCC2(c3ccccc3C)CCOCC2)CC1=O. The van der Waals surface area contributed by atoms with Crippen LogP contribution < -0.4 is 15.0 Å². The molecule has 0 bridgehead atoms. The molecule has 6 heteroatoms. The quantitative estimate of drug-likeness (QED) is 0.752. The lowest BCUT2D eigenvalue weighted by Gasteiger charge is -2.39. The van der Waals surface area contributed by atoms with E-state index >= 15 is 0 Å². The van der Waals surface area contributed by atoms with E-state index < -0.39 is 0 Å². The fourth-order valence-electron chi connectivity index (χ4n) is 5.00. The maximum Gasteiger partial charge on any atom is 0.227 e. The summed E-state index contributed by atoms with van der Waals surface area (Å²) in [5, 5.41) is 3.19. The maximum atomic E-state index is 13.1. The molecule has 1 N–H and O–H groups in total. The highest BCUT2D eigenvalue weighted by molar-refractivity contribution is 6.01. The molecule has 0 aromatic heterocycles. The number of hydrogen-bond acceptors (Lipinski definition) is 4. The number of methoxy groups -OCH3 is 1. The number of ether oxygens (including phenoxy) is 2. The van der Waals surface area contributed by atoms with Gasteiger partial charge in [-0.25, -0.2) is 0 Å². The fraction of sp³-hybridized carbons (Fsp3) is 0.462. The van der Waals surface area contributed by atoms with Crippen LogP contribution in [0.4, 0.5) is 5.69 Å². The Morgan fingerprint density at radius 3 is 2.66 bits per heavy atom. The third-order valence-corrected chi connectivity index (χ3v) is 6.89. The lowest BCUT2D eigenvalue weighted by Crippen LogP contribution is -2.46. The second-order valence-corrected chi connectivity index (χ2v) is 9.01. The van der Waals surface area contributed by atoms with Crippen LogP contribution in [0.15, 0.2) is 42.5 Å². The van der Waals surface area contributed by atoms with E-state index in [9.17, 15) is 9.59 Å². The van der Waals surface area contributed by atoms with Gasteiger partial charge in [-0.15, -0.1) is 0 Å². The molecule has 0 radical (unpaired) electrons. The van der Waals surface area contributed by atoms with Crippen LogP contribution >= 0.6 is 0 Å². The number of benzene rings is 2. The smallest absolute Gasteiger partial charge is 0.227 e. The molecule has 1 atom stereocenters. The van der Waals surface area contributed by atoms with E-state index in [4.69, 9.17) is 9.47 Å². The molecule has 170 valence electrons. The van der Waals surface area contributed by atoms with Crippen LogP contribution in [0.25, 0.3) is 0 Å². The van der Waals surface area contributed by atoms with Gasteiger partial charge in [0.25, 0.3) is 0 Å². The van der Waals surface area contributed by atoms with Gasteiger partial charge in [-0.1, -0.05) is 30.3 Å². The van der Waals surface area contributed by atoms with E-state index in [0.717, 1.165) is 24.1 Å². The molecule has 2 aliphatic rings. The topological polar surface area (TPSA) is 67.9 Å². The Bertz CT molecular complexity index is 997. The zero-order valence-corrected chi connectivity index (χ0v) is 19.1. The molecular formula is C26H32N2O4. The first-order valence-electron chi connectivity index (χ1n) is 11.3. The zero-order valence-electron chi connectivity index (χ0n) is 19.1.